The van der Waals surface area contributed by atoms with E-state index in [9.17, 15) is 0 Å². The first-order valence-corrected chi connectivity index (χ1v) is 9.33. The zero-order valence-electron chi connectivity index (χ0n) is 15.1. The van der Waals surface area contributed by atoms with Gasteiger partial charge in [-0.3, -0.25) is 0 Å². The van der Waals surface area contributed by atoms with Gasteiger partial charge in [0.15, 0.2) is 0 Å². The maximum atomic E-state index is 7.88. The Morgan fingerprint density at radius 3 is 2.21 bits per heavy atom. The highest BCUT2D eigenvalue weighted by molar-refractivity contribution is 9.10. The minimum Gasteiger partial charge on any atom is -0.396 e. The molecule has 0 saturated carbocycles. The van der Waals surface area contributed by atoms with Gasteiger partial charge in [-0.1, -0.05) is 46.6 Å². The lowest BCUT2D eigenvalue weighted by atomic mass is 9.97. The van der Waals surface area contributed by atoms with E-state index in [0.29, 0.717) is 6.61 Å². The molecule has 0 bridgehead atoms. The Morgan fingerprint density at radius 1 is 1.08 bits per heavy atom. The fourth-order valence-electron chi connectivity index (χ4n) is 2.41. The molecule has 0 heterocycles. The van der Waals surface area contributed by atoms with E-state index >= 15 is 0 Å². The van der Waals surface area contributed by atoms with Crippen LogP contribution in [0.4, 0.5) is 5.69 Å². The van der Waals surface area contributed by atoms with Crippen LogP contribution in [0.15, 0.2) is 40.9 Å². The number of anilines is 1. The van der Waals surface area contributed by atoms with Crippen molar-refractivity contribution in [1.29, 1.82) is 0 Å². The number of alkyl halides is 1. The van der Waals surface area contributed by atoms with Crippen molar-refractivity contribution in [3.63, 3.8) is 0 Å². The number of nitrogens with zero attached hydrogens (tertiary/aromatic N) is 1. The lowest BCUT2D eigenvalue weighted by Crippen LogP contribution is -2.12. The van der Waals surface area contributed by atoms with Crippen molar-refractivity contribution in [1.82, 2.24) is 0 Å². The van der Waals surface area contributed by atoms with Gasteiger partial charge in [-0.05, 0) is 55.2 Å². The Hall–Kier alpha value is -1.03. The quantitative estimate of drug-likeness (QED) is 0.637. The van der Waals surface area contributed by atoms with Crippen molar-refractivity contribution >= 4 is 33.2 Å². The summed E-state index contributed by atoms with van der Waals surface area (Å²) in [7, 11) is 4.08. The predicted molar refractivity (Wildman–Crippen MR) is 109 cm³/mol. The van der Waals surface area contributed by atoms with E-state index in [1.165, 1.54) is 16.7 Å². The summed E-state index contributed by atoms with van der Waals surface area (Å²) in [6, 6.07) is 12.7. The highest BCUT2D eigenvalue weighted by Gasteiger charge is 2.18. The average Bonchev–Trinajstić information content (AvgIpc) is 2.54. The number of benzene rings is 2. The molecule has 1 N–H and O–H groups in total. The zero-order chi connectivity index (χ0) is 18.3. The molecule has 2 aromatic rings. The van der Waals surface area contributed by atoms with E-state index in [4.69, 9.17) is 16.7 Å². The molecule has 0 aliphatic carbocycles. The monoisotopic (exact) mass is 411 g/mol. The lowest BCUT2D eigenvalue weighted by Gasteiger charge is -2.22. The van der Waals surface area contributed by atoms with Crippen molar-refractivity contribution in [3.05, 3.63) is 63.1 Å². The van der Waals surface area contributed by atoms with Gasteiger partial charge in [-0.2, -0.15) is 0 Å². The fraction of sp³-hybridized carbons (Fsp3) is 0.400. The van der Waals surface area contributed by atoms with Gasteiger partial charge in [0.2, 0.25) is 0 Å². The summed E-state index contributed by atoms with van der Waals surface area (Å²) < 4.78 is 1.05. The van der Waals surface area contributed by atoms with Crippen LogP contribution in [0.2, 0.25) is 0 Å². The van der Waals surface area contributed by atoms with E-state index in [2.05, 4.69) is 65.0 Å². The van der Waals surface area contributed by atoms with Crippen LogP contribution in [0.1, 0.15) is 41.0 Å². The SMILES string of the molecule is CCCO.Cc1ccc(C(Cl)c2cc(Br)ccc2N(C)C)c(C)c1. The van der Waals surface area contributed by atoms with E-state index < -0.39 is 0 Å². The highest BCUT2D eigenvalue weighted by atomic mass is 79.9. The van der Waals surface area contributed by atoms with E-state index in [-0.39, 0.29) is 5.38 Å². The smallest absolute Gasteiger partial charge is 0.0858 e. The maximum Gasteiger partial charge on any atom is 0.0858 e. The molecule has 24 heavy (non-hydrogen) atoms. The summed E-state index contributed by atoms with van der Waals surface area (Å²) in [5.41, 5.74) is 5.93. The first-order chi connectivity index (χ1) is 11.3. The number of hydrogen-bond donors (Lipinski definition) is 1. The second-order valence-electron chi connectivity index (χ2n) is 6.04. The highest BCUT2D eigenvalue weighted by Crippen LogP contribution is 2.38. The van der Waals surface area contributed by atoms with Crippen LogP contribution in [0, 0.1) is 13.8 Å². The van der Waals surface area contributed by atoms with Crippen LogP contribution in [0.25, 0.3) is 0 Å². The number of halogens is 2. The van der Waals surface area contributed by atoms with Crippen LogP contribution < -0.4 is 4.90 Å². The molecule has 132 valence electrons. The van der Waals surface area contributed by atoms with Gasteiger partial charge in [0, 0.05) is 30.9 Å². The number of aliphatic hydroxyl groups is 1. The van der Waals surface area contributed by atoms with Gasteiger partial charge in [-0.25, -0.2) is 0 Å². The van der Waals surface area contributed by atoms with E-state index in [1.807, 2.05) is 27.1 Å². The topological polar surface area (TPSA) is 23.5 Å². The minimum absolute atomic E-state index is 0.148. The molecule has 2 nitrogen and oxygen atoms in total. The number of aliphatic hydroxyl groups excluding tert-OH is 1. The molecule has 0 radical (unpaired) electrons. The average molecular weight is 413 g/mol. The van der Waals surface area contributed by atoms with Gasteiger partial charge in [0.1, 0.15) is 0 Å². The molecule has 4 heteroatoms. The van der Waals surface area contributed by atoms with Crippen molar-refractivity contribution < 1.29 is 5.11 Å². The predicted octanol–water partition coefficient (Wildman–Crippen LogP) is 5.85. The first kappa shape index (κ1) is 21.0. The Labute approximate surface area is 159 Å². The van der Waals surface area contributed by atoms with Gasteiger partial charge in [0.25, 0.3) is 0 Å². The summed E-state index contributed by atoms with van der Waals surface area (Å²) in [5.74, 6) is 0. The Kier molecular flexibility index (Phi) is 8.82. The lowest BCUT2D eigenvalue weighted by molar-refractivity contribution is 0.295. The largest absolute Gasteiger partial charge is 0.396 e. The molecule has 0 fully saturated rings. The third-order valence-corrected chi connectivity index (χ3v) is 4.63. The normalized spacial score (nSPS) is 11.5. The number of rotatable bonds is 4. The van der Waals surface area contributed by atoms with Gasteiger partial charge < -0.3 is 10.0 Å². The Bertz CT molecular complexity index is 656. The molecule has 1 unspecified atom stereocenters. The summed E-state index contributed by atoms with van der Waals surface area (Å²) in [5, 5.41) is 7.73. The van der Waals surface area contributed by atoms with Gasteiger partial charge >= 0.3 is 0 Å². The van der Waals surface area contributed by atoms with Crippen molar-refractivity contribution in [3.8, 4) is 0 Å². The molecular formula is C20H27BrClNO. The number of hydrogen-bond acceptors (Lipinski definition) is 2. The first-order valence-electron chi connectivity index (χ1n) is 8.10. The van der Waals surface area contributed by atoms with E-state index in [1.54, 1.807) is 0 Å². The summed E-state index contributed by atoms with van der Waals surface area (Å²) in [6.45, 7) is 6.47. The summed E-state index contributed by atoms with van der Waals surface area (Å²) in [6.07, 6.45) is 0.875. The molecule has 0 aliphatic rings. The van der Waals surface area contributed by atoms with Crippen molar-refractivity contribution in [2.45, 2.75) is 32.6 Å². The van der Waals surface area contributed by atoms with Crippen LogP contribution in [0.5, 0.6) is 0 Å². The molecule has 1 atom stereocenters. The zero-order valence-corrected chi connectivity index (χ0v) is 17.4. The second-order valence-corrected chi connectivity index (χ2v) is 7.40. The minimum atomic E-state index is -0.148. The third-order valence-electron chi connectivity index (χ3n) is 3.67. The molecule has 2 aromatic carbocycles. The standard InChI is InChI=1S/C17H19BrClN.C3H8O/c1-11-5-7-14(12(2)9-11)17(19)15-10-13(18)6-8-16(15)20(3)4;1-2-3-4/h5-10,17H,1-4H3;4H,2-3H2,1H3. The molecule has 0 aliphatic heterocycles. The molecular weight excluding hydrogens is 386 g/mol. The third kappa shape index (κ3) is 5.80. The van der Waals surface area contributed by atoms with Gasteiger partial charge in [0.05, 0.1) is 5.38 Å². The van der Waals surface area contributed by atoms with Gasteiger partial charge in [-0.15, -0.1) is 11.6 Å². The second kappa shape index (κ2) is 10.1. The van der Waals surface area contributed by atoms with Crippen LogP contribution in [-0.4, -0.2) is 25.8 Å². The molecule has 0 saturated heterocycles. The van der Waals surface area contributed by atoms with Crippen molar-refractivity contribution in [2.24, 2.45) is 0 Å². The Balaban J connectivity index is 0.000000648. The summed E-state index contributed by atoms with van der Waals surface area (Å²) >= 11 is 10.3. The van der Waals surface area contributed by atoms with Crippen LogP contribution in [0.3, 0.4) is 0 Å². The molecule has 0 spiro atoms. The molecule has 0 aromatic heterocycles. The maximum absolute atomic E-state index is 7.88. The fourth-order valence-corrected chi connectivity index (χ4v) is 3.21. The van der Waals surface area contributed by atoms with Crippen LogP contribution in [-0.2, 0) is 0 Å². The van der Waals surface area contributed by atoms with Crippen LogP contribution >= 0.6 is 27.5 Å². The molecule has 0 amide bonds. The Morgan fingerprint density at radius 2 is 1.71 bits per heavy atom. The summed E-state index contributed by atoms with van der Waals surface area (Å²) in [4.78, 5) is 2.10. The van der Waals surface area contributed by atoms with E-state index in [0.717, 1.165) is 22.1 Å². The number of aryl methyl sites for hydroxylation is 2. The molecule has 2 rings (SSSR count). The van der Waals surface area contributed by atoms with Crippen molar-refractivity contribution in [2.75, 3.05) is 25.6 Å².